The van der Waals surface area contributed by atoms with Gasteiger partial charge < -0.3 is 14.6 Å². The van der Waals surface area contributed by atoms with Crippen molar-refractivity contribution in [3.05, 3.63) is 88.7 Å². The second-order valence-electron chi connectivity index (χ2n) is 8.26. The van der Waals surface area contributed by atoms with E-state index in [1.807, 2.05) is 6.92 Å². The SMILES string of the molecule is COc1ccc([C@H]2C(=C(O)c3ccc(C)cc3)C(=O)C(=O)N2c2nc3ccc(F)cc3s2)cc1OC. The number of thiazole rings is 1. The molecule has 1 fully saturated rings. The van der Waals surface area contributed by atoms with Crippen LogP contribution in [-0.4, -0.2) is 36.0 Å². The molecular formula is C27H21FN2O5S. The first-order valence-corrected chi connectivity index (χ1v) is 11.8. The molecule has 0 bridgehead atoms. The molecule has 7 nitrogen and oxygen atoms in total. The lowest BCUT2D eigenvalue weighted by atomic mass is 9.95. The molecule has 1 aromatic heterocycles. The number of nitrogens with zero attached hydrogens (tertiary/aromatic N) is 2. The predicted molar refractivity (Wildman–Crippen MR) is 135 cm³/mol. The summed E-state index contributed by atoms with van der Waals surface area (Å²) in [5.74, 6) is -1.57. The average Bonchev–Trinajstić information content (AvgIpc) is 3.41. The third-order valence-electron chi connectivity index (χ3n) is 6.04. The number of rotatable bonds is 5. The molecule has 182 valence electrons. The van der Waals surface area contributed by atoms with Crippen LogP contribution in [0.25, 0.3) is 16.0 Å². The van der Waals surface area contributed by atoms with Gasteiger partial charge in [0.2, 0.25) is 0 Å². The van der Waals surface area contributed by atoms with Gasteiger partial charge in [-0.1, -0.05) is 47.2 Å². The minimum atomic E-state index is -1.00. The number of fused-ring (bicyclic) bond motifs is 1. The molecule has 0 saturated carbocycles. The molecule has 0 spiro atoms. The van der Waals surface area contributed by atoms with Gasteiger partial charge in [-0.25, -0.2) is 9.37 Å². The fourth-order valence-electron chi connectivity index (χ4n) is 4.22. The predicted octanol–water partition coefficient (Wildman–Crippen LogP) is 5.39. The van der Waals surface area contributed by atoms with Gasteiger partial charge in [-0.15, -0.1) is 0 Å². The Bertz CT molecular complexity index is 1540. The number of ketones is 1. The fraction of sp³-hybridized carbons (Fsp3) is 0.148. The van der Waals surface area contributed by atoms with Crippen LogP contribution in [0.4, 0.5) is 9.52 Å². The van der Waals surface area contributed by atoms with Gasteiger partial charge in [0.25, 0.3) is 5.78 Å². The number of hydrogen-bond acceptors (Lipinski definition) is 7. The van der Waals surface area contributed by atoms with Gasteiger partial charge in [-0.3, -0.25) is 14.5 Å². The molecule has 0 unspecified atom stereocenters. The molecule has 36 heavy (non-hydrogen) atoms. The Morgan fingerprint density at radius 3 is 2.42 bits per heavy atom. The number of hydrogen-bond donors (Lipinski definition) is 1. The van der Waals surface area contributed by atoms with E-state index in [9.17, 15) is 19.1 Å². The van der Waals surface area contributed by atoms with Crippen LogP contribution < -0.4 is 14.4 Å². The smallest absolute Gasteiger partial charge is 0.301 e. The highest BCUT2D eigenvalue weighted by Gasteiger charge is 2.48. The van der Waals surface area contributed by atoms with Crippen molar-refractivity contribution in [1.82, 2.24) is 4.98 Å². The van der Waals surface area contributed by atoms with Crippen LogP contribution in [0.15, 0.2) is 66.2 Å². The zero-order valence-electron chi connectivity index (χ0n) is 19.6. The van der Waals surface area contributed by atoms with Crippen LogP contribution in [0, 0.1) is 12.7 Å². The number of halogens is 1. The second-order valence-corrected chi connectivity index (χ2v) is 9.27. The lowest BCUT2D eigenvalue weighted by Crippen LogP contribution is -2.29. The van der Waals surface area contributed by atoms with Gasteiger partial charge in [0.15, 0.2) is 16.6 Å². The van der Waals surface area contributed by atoms with Crippen LogP contribution in [0.1, 0.15) is 22.7 Å². The standard InChI is InChI=1S/C27H21FN2O5S/c1-14-4-6-15(7-5-14)24(31)22-23(16-8-11-19(34-2)20(12-16)35-3)30(26(33)25(22)32)27-29-18-10-9-17(28)13-21(18)36-27/h4-13,23,31H,1-3H3/t23-/m0/s1. The molecule has 4 aromatic rings. The Morgan fingerprint density at radius 2 is 1.72 bits per heavy atom. The number of aliphatic hydroxyl groups excluding tert-OH is 1. The topological polar surface area (TPSA) is 89.0 Å². The summed E-state index contributed by atoms with van der Waals surface area (Å²) in [7, 11) is 2.98. The van der Waals surface area contributed by atoms with E-state index in [1.165, 1.54) is 37.3 Å². The monoisotopic (exact) mass is 504 g/mol. The van der Waals surface area contributed by atoms with E-state index in [0.29, 0.717) is 32.8 Å². The number of Topliss-reactive ketones (excluding diaryl/α,β-unsaturated/α-hetero) is 1. The molecule has 1 amide bonds. The lowest BCUT2D eigenvalue weighted by molar-refractivity contribution is -0.132. The molecule has 0 radical (unpaired) electrons. The number of aromatic nitrogens is 1. The highest BCUT2D eigenvalue weighted by atomic mass is 32.1. The van der Waals surface area contributed by atoms with E-state index < -0.39 is 23.5 Å². The fourth-order valence-corrected chi connectivity index (χ4v) is 5.24. The number of amides is 1. The average molecular weight is 505 g/mol. The Hall–Kier alpha value is -4.24. The zero-order chi connectivity index (χ0) is 25.6. The summed E-state index contributed by atoms with van der Waals surface area (Å²) in [5, 5.41) is 11.5. The summed E-state index contributed by atoms with van der Waals surface area (Å²) in [6.45, 7) is 1.91. The van der Waals surface area contributed by atoms with Crippen LogP contribution in [0.5, 0.6) is 11.5 Å². The Labute approximate surface area is 210 Å². The van der Waals surface area contributed by atoms with E-state index in [-0.39, 0.29) is 16.5 Å². The largest absolute Gasteiger partial charge is 0.507 e. The second kappa shape index (κ2) is 9.09. The first kappa shape index (κ1) is 23.5. The molecule has 5 rings (SSSR count). The van der Waals surface area contributed by atoms with Gasteiger partial charge in [-0.05, 0) is 42.8 Å². The van der Waals surface area contributed by atoms with Crippen molar-refractivity contribution in [3.8, 4) is 11.5 Å². The van der Waals surface area contributed by atoms with E-state index in [1.54, 1.807) is 42.5 Å². The molecule has 1 saturated heterocycles. The molecule has 1 aliphatic rings. The van der Waals surface area contributed by atoms with Crippen LogP contribution in [-0.2, 0) is 9.59 Å². The normalized spacial score (nSPS) is 17.1. The Morgan fingerprint density at radius 1 is 1.00 bits per heavy atom. The maximum Gasteiger partial charge on any atom is 0.301 e. The third-order valence-corrected chi connectivity index (χ3v) is 7.06. The molecule has 3 aromatic carbocycles. The zero-order valence-corrected chi connectivity index (χ0v) is 20.4. The van der Waals surface area contributed by atoms with Crippen LogP contribution in [0.2, 0.25) is 0 Å². The number of methoxy groups -OCH3 is 2. The van der Waals surface area contributed by atoms with Crippen molar-refractivity contribution in [3.63, 3.8) is 0 Å². The first-order chi connectivity index (χ1) is 17.3. The molecule has 1 atom stereocenters. The Balaban J connectivity index is 1.75. The maximum atomic E-state index is 13.8. The quantitative estimate of drug-likeness (QED) is 0.223. The summed E-state index contributed by atoms with van der Waals surface area (Å²) in [4.78, 5) is 32.5. The summed E-state index contributed by atoms with van der Waals surface area (Å²) >= 11 is 1.08. The number of carbonyl (C=O) groups is 2. The Kier molecular flexibility index (Phi) is 5.93. The number of aliphatic hydroxyl groups is 1. The van der Waals surface area contributed by atoms with Crippen LogP contribution in [0.3, 0.4) is 0 Å². The van der Waals surface area contributed by atoms with Crippen molar-refractivity contribution in [1.29, 1.82) is 0 Å². The minimum Gasteiger partial charge on any atom is -0.507 e. The highest BCUT2D eigenvalue weighted by Crippen LogP contribution is 2.45. The summed E-state index contributed by atoms with van der Waals surface area (Å²) < 4.78 is 25.1. The van der Waals surface area contributed by atoms with Gasteiger partial charge >= 0.3 is 5.91 Å². The van der Waals surface area contributed by atoms with E-state index >= 15 is 0 Å². The number of benzene rings is 3. The summed E-state index contributed by atoms with van der Waals surface area (Å²) in [6.07, 6.45) is 0. The number of carbonyl (C=O) groups excluding carboxylic acids is 2. The van der Waals surface area contributed by atoms with Crippen molar-refractivity contribution in [2.75, 3.05) is 19.1 Å². The number of anilines is 1. The van der Waals surface area contributed by atoms with Crippen molar-refractivity contribution in [2.24, 2.45) is 0 Å². The van der Waals surface area contributed by atoms with Crippen molar-refractivity contribution < 1.29 is 28.6 Å². The highest BCUT2D eigenvalue weighted by molar-refractivity contribution is 7.22. The van der Waals surface area contributed by atoms with E-state index in [0.717, 1.165) is 16.9 Å². The first-order valence-electron chi connectivity index (χ1n) is 11.0. The minimum absolute atomic E-state index is 0.0819. The molecule has 9 heteroatoms. The third kappa shape index (κ3) is 3.87. The van der Waals surface area contributed by atoms with Crippen molar-refractivity contribution >= 4 is 44.1 Å². The molecular weight excluding hydrogens is 483 g/mol. The van der Waals surface area contributed by atoms with E-state index in [4.69, 9.17) is 9.47 Å². The molecule has 1 aliphatic heterocycles. The van der Waals surface area contributed by atoms with Gasteiger partial charge in [0.1, 0.15) is 11.6 Å². The number of aryl methyl sites for hydroxylation is 1. The maximum absolute atomic E-state index is 13.8. The lowest BCUT2D eigenvalue weighted by Gasteiger charge is -2.23. The van der Waals surface area contributed by atoms with Crippen LogP contribution >= 0.6 is 11.3 Å². The molecule has 0 aliphatic carbocycles. The van der Waals surface area contributed by atoms with E-state index in [2.05, 4.69) is 4.98 Å². The number of ether oxygens (including phenoxy) is 2. The summed E-state index contributed by atoms with van der Waals surface area (Å²) in [5.41, 5.74) is 2.29. The van der Waals surface area contributed by atoms with Gasteiger partial charge in [0, 0.05) is 5.56 Å². The molecule has 1 N–H and O–H groups in total. The summed E-state index contributed by atoms with van der Waals surface area (Å²) in [6, 6.07) is 15.1. The van der Waals surface area contributed by atoms with Crippen molar-refractivity contribution in [2.45, 2.75) is 13.0 Å². The molecule has 2 heterocycles. The van der Waals surface area contributed by atoms with Gasteiger partial charge in [0.05, 0.1) is 36.1 Å². The van der Waals surface area contributed by atoms with Gasteiger partial charge in [-0.2, -0.15) is 0 Å².